The van der Waals surface area contributed by atoms with Gasteiger partial charge in [0.2, 0.25) is 0 Å². The average molecular weight is 523 g/mol. The van der Waals surface area contributed by atoms with E-state index in [1.807, 2.05) is 6.92 Å². The molecule has 0 amide bonds. The molecule has 1 atom stereocenters. The van der Waals surface area contributed by atoms with Crippen molar-refractivity contribution in [2.24, 2.45) is 10.4 Å². The Morgan fingerprint density at radius 2 is 2.17 bits per heavy atom. The summed E-state index contributed by atoms with van der Waals surface area (Å²) in [5, 5.41) is 15.9. The molecule has 1 aromatic carbocycles. The summed E-state index contributed by atoms with van der Waals surface area (Å²) in [6.07, 6.45) is 2.20. The predicted molar refractivity (Wildman–Crippen MR) is 119 cm³/mol. The van der Waals surface area contributed by atoms with Crippen LogP contribution in [-0.2, 0) is 22.5 Å². The lowest BCUT2D eigenvalue weighted by Gasteiger charge is -2.25. The molecule has 7 nitrogen and oxygen atoms in total. The van der Waals surface area contributed by atoms with Gasteiger partial charge in [0.1, 0.15) is 11.6 Å². The molecule has 0 bridgehead atoms. The van der Waals surface area contributed by atoms with Crippen LogP contribution in [0.1, 0.15) is 30.9 Å². The van der Waals surface area contributed by atoms with E-state index in [0.29, 0.717) is 51.7 Å². The second-order valence-electron chi connectivity index (χ2n) is 7.31. The summed E-state index contributed by atoms with van der Waals surface area (Å²) in [6, 6.07) is 2.98. The topological polar surface area (TPSA) is 84.3 Å². The summed E-state index contributed by atoms with van der Waals surface area (Å²) in [6.45, 7) is 5.98. The van der Waals surface area contributed by atoms with Crippen molar-refractivity contribution >= 4 is 29.9 Å². The van der Waals surface area contributed by atoms with Gasteiger partial charge in [0.15, 0.2) is 12.8 Å². The Labute approximate surface area is 188 Å². The number of hydrogen-bond acceptors (Lipinski definition) is 5. The molecule has 9 heteroatoms. The fourth-order valence-corrected chi connectivity index (χ4v) is 3.63. The predicted octanol–water partition coefficient (Wildman–Crippen LogP) is 2.20. The SMILES string of the molecule is CCNC(=NCC1(CCO)CCOC1)NCCc1cc(F)cc2c1OCOC2.I. The number of hydrogen-bond donors (Lipinski definition) is 3. The summed E-state index contributed by atoms with van der Waals surface area (Å²) < 4.78 is 30.2. The van der Waals surface area contributed by atoms with Crippen LogP contribution in [0.25, 0.3) is 0 Å². The van der Waals surface area contributed by atoms with E-state index in [0.717, 1.165) is 29.8 Å². The van der Waals surface area contributed by atoms with E-state index >= 15 is 0 Å². The molecule has 0 aliphatic carbocycles. The van der Waals surface area contributed by atoms with Crippen LogP contribution in [0.15, 0.2) is 17.1 Å². The molecule has 29 heavy (non-hydrogen) atoms. The number of aliphatic hydroxyl groups excluding tert-OH is 1. The van der Waals surface area contributed by atoms with Crippen molar-refractivity contribution in [3.8, 4) is 5.75 Å². The molecular formula is C20H31FIN3O4. The van der Waals surface area contributed by atoms with Gasteiger partial charge in [-0.25, -0.2) is 4.39 Å². The molecule has 2 aliphatic heterocycles. The summed E-state index contributed by atoms with van der Waals surface area (Å²) in [5.74, 6) is 1.15. The Morgan fingerprint density at radius 1 is 1.31 bits per heavy atom. The number of ether oxygens (including phenoxy) is 3. The van der Waals surface area contributed by atoms with Gasteiger partial charge in [0.05, 0.1) is 19.8 Å². The third-order valence-electron chi connectivity index (χ3n) is 5.18. The maximum absolute atomic E-state index is 13.9. The second kappa shape index (κ2) is 11.9. The van der Waals surface area contributed by atoms with E-state index < -0.39 is 0 Å². The van der Waals surface area contributed by atoms with Crippen molar-refractivity contribution in [3.05, 3.63) is 29.1 Å². The molecule has 0 saturated carbocycles. The van der Waals surface area contributed by atoms with Crippen LogP contribution >= 0.6 is 24.0 Å². The van der Waals surface area contributed by atoms with Gasteiger partial charge in [-0.15, -0.1) is 24.0 Å². The molecule has 1 unspecified atom stereocenters. The van der Waals surface area contributed by atoms with E-state index in [9.17, 15) is 9.50 Å². The molecule has 2 aliphatic rings. The normalized spacial score (nSPS) is 21.1. The van der Waals surface area contributed by atoms with Crippen LogP contribution in [0.4, 0.5) is 4.39 Å². The van der Waals surface area contributed by atoms with Crippen molar-refractivity contribution in [1.29, 1.82) is 0 Å². The third kappa shape index (κ3) is 6.66. The highest BCUT2D eigenvalue weighted by Gasteiger charge is 2.34. The Morgan fingerprint density at radius 3 is 2.90 bits per heavy atom. The summed E-state index contributed by atoms with van der Waals surface area (Å²) in [7, 11) is 0. The first-order valence-electron chi connectivity index (χ1n) is 9.88. The molecule has 0 aromatic heterocycles. The minimum Gasteiger partial charge on any atom is -0.467 e. The largest absolute Gasteiger partial charge is 0.467 e. The Bertz CT molecular complexity index is 684. The van der Waals surface area contributed by atoms with Gasteiger partial charge in [0, 0.05) is 37.3 Å². The van der Waals surface area contributed by atoms with Crippen molar-refractivity contribution in [2.75, 3.05) is 46.2 Å². The highest BCUT2D eigenvalue weighted by atomic mass is 127. The van der Waals surface area contributed by atoms with E-state index in [1.54, 1.807) is 0 Å². The second-order valence-corrected chi connectivity index (χ2v) is 7.31. The zero-order chi connectivity index (χ0) is 19.8. The van der Waals surface area contributed by atoms with Crippen molar-refractivity contribution in [2.45, 2.75) is 32.8 Å². The highest BCUT2D eigenvalue weighted by molar-refractivity contribution is 14.0. The molecule has 1 fully saturated rings. The lowest BCUT2D eigenvalue weighted by Crippen LogP contribution is -2.39. The summed E-state index contributed by atoms with van der Waals surface area (Å²) in [5.41, 5.74) is 1.48. The number of aliphatic imine (C=N–C) groups is 1. The van der Waals surface area contributed by atoms with E-state index in [2.05, 4.69) is 10.6 Å². The zero-order valence-electron chi connectivity index (χ0n) is 16.8. The van der Waals surface area contributed by atoms with E-state index in [-0.39, 0.29) is 48.6 Å². The van der Waals surface area contributed by atoms with Crippen molar-refractivity contribution < 1.29 is 23.7 Å². The van der Waals surface area contributed by atoms with Gasteiger partial charge in [-0.05, 0) is 43.9 Å². The fourth-order valence-electron chi connectivity index (χ4n) is 3.63. The van der Waals surface area contributed by atoms with Gasteiger partial charge in [-0.1, -0.05) is 0 Å². The van der Waals surface area contributed by atoms with Crippen LogP contribution in [0.3, 0.4) is 0 Å². The number of aliphatic hydroxyl groups is 1. The quantitative estimate of drug-likeness (QED) is 0.276. The number of nitrogens with zero attached hydrogens (tertiary/aromatic N) is 1. The van der Waals surface area contributed by atoms with Gasteiger partial charge in [0.25, 0.3) is 0 Å². The fraction of sp³-hybridized carbons (Fsp3) is 0.650. The number of benzene rings is 1. The molecule has 0 radical (unpaired) electrons. The van der Waals surface area contributed by atoms with Crippen LogP contribution in [0, 0.1) is 11.2 Å². The maximum atomic E-state index is 13.9. The molecule has 2 heterocycles. The molecule has 3 rings (SSSR count). The smallest absolute Gasteiger partial charge is 0.191 e. The Hall–Kier alpha value is -1.17. The Kier molecular flexibility index (Phi) is 9.87. The minimum absolute atomic E-state index is 0. The number of halogens is 2. The van der Waals surface area contributed by atoms with E-state index in [4.69, 9.17) is 19.2 Å². The number of nitrogens with one attached hydrogen (secondary N) is 2. The lowest BCUT2D eigenvalue weighted by atomic mass is 9.84. The van der Waals surface area contributed by atoms with Crippen molar-refractivity contribution in [3.63, 3.8) is 0 Å². The number of fused-ring (bicyclic) bond motifs is 1. The van der Waals surface area contributed by atoms with Crippen LogP contribution < -0.4 is 15.4 Å². The van der Waals surface area contributed by atoms with Crippen LogP contribution in [0.5, 0.6) is 5.75 Å². The zero-order valence-corrected chi connectivity index (χ0v) is 19.2. The van der Waals surface area contributed by atoms with Gasteiger partial charge < -0.3 is 30.0 Å². The van der Waals surface area contributed by atoms with Gasteiger partial charge in [-0.2, -0.15) is 0 Å². The van der Waals surface area contributed by atoms with Crippen LogP contribution in [0.2, 0.25) is 0 Å². The first-order valence-corrected chi connectivity index (χ1v) is 9.88. The van der Waals surface area contributed by atoms with Gasteiger partial charge in [-0.3, -0.25) is 4.99 Å². The first-order chi connectivity index (χ1) is 13.7. The Balaban J connectivity index is 0.00000300. The summed E-state index contributed by atoms with van der Waals surface area (Å²) in [4.78, 5) is 4.70. The lowest BCUT2D eigenvalue weighted by molar-refractivity contribution is -0.0172. The molecular weight excluding hydrogens is 492 g/mol. The van der Waals surface area contributed by atoms with Crippen molar-refractivity contribution in [1.82, 2.24) is 10.6 Å². The summed E-state index contributed by atoms with van der Waals surface area (Å²) >= 11 is 0. The number of rotatable bonds is 8. The maximum Gasteiger partial charge on any atom is 0.191 e. The molecule has 1 saturated heterocycles. The van der Waals surface area contributed by atoms with E-state index in [1.165, 1.54) is 12.1 Å². The van der Waals surface area contributed by atoms with Gasteiger partial charge >= 0.3 is 0 Å². The molecule has 164 valence electrons. The number of guanidine groups is 1. The van der Waals surface area contributed by atoms with Crippen LogP contribution in [-0.4, -0.2) is 57.3 Å². The average Bonchev–Trinajstić information content (AvgIpc) is 3.15. The monoisotopic (exact) mass is 523 g/mol. The molecule has 0 spiro atoms. The third-order valence-corrected chi connectivity index (χ3v) is 5.18. The highest BCUT2D eigenvalue weighted by Crippen LogP contribution is 2.32. The first kappa shape index (κ1) is 24.1. The standard InChI is InChI=1S/C20H30FN3O4.HI/c1-2-22-19(24-12-20(4-7-25)5-8-26-13-20)23-6-3-15-9-17(21)10-16-11-27-14-28-18(15)16;/h9-10,25H,2-8,11-14H2,1H3,(H2,22,23,24);1H. The minimum atomic E-state index is -0.282. The molecule has 1 aromatic rings. The molecule has 3 N–H and O–H groups in total.